The predicted octanol–water partition coefficient (Wildman–Crippen LogP) is 1.71. The Kier molecular flexibility index (Phi) is 6.23. The standard InChI is InChI=1S/C19H26N2O5/c1-12-8-15(9-13(2)17(12)26-4)18(23)20(3)11-16(22)21-7-5-6-14(10-21)19(24)25/h8-9,14H,5-7,10-11H2,1-4H3,(H,24,25). The van der Waals surface area contributed by atoms with Gasteiger partial charge in [0.1, 0.15) is 5.75 Å². The van der Waals surface area contributed by atoms with Crippen LogP contribution in [0.5, 0.6) is 5.75 Å². The van der Waals surface area contributed by atoms with Crippen molar-refractivity contribution in [3.05, 3.63) is 28.8 Å². The number of piperidine rings is 1. The summed E-state index contributed by atoms with van der Waals surface area (Å²) in [5, 5.41) is 9.14. The van der Waals surface area contributed by atoms with Gasteiger partial charge in [0.15, 0.2) is 0 Å². The molecule has 1 N–H and O–H groups in total. The molecule has 26 heavy (non-hydrogen) atoms. The van der Waals surface area contributed by atoms with Gasteiger partial charge in [-0.2, -0.15) is 0 Å². The molecule has 1 aliphatic heterocycles. The largest absolute Gasteiger partial charge is 0.496 e. The normalized spacial score (nSPS) is 16.9. The average molecular weight is 362 g/mol. The Bertz CT molecular complexity index is 693. The molecule has 1 fully saturated rings. The molecule has 142 valence electrons. The van der Waals surface area contributed by atoms with Crippen molar-refractivity contribution in [2.45, 2.75) is 26.7 Å². The Morgan fingerprint density at radius 1 is 1.27 bits per heavy atom. The molecule has 0 bridgehead atoms. The van der Waals surface area contributed by atoms with Crippen LogP contribution in [0.4, 0.5) is 0 Å². The number of nitrogens with zero attached hydrogens (tertiary/aromatic N) is 2. The molecule has 1 unspecified atom stereocenters. The van der Waals surface area contributed by atoms with Crippen LogP contribution in [-0.4, -0.2) is 66.5 Å². The number of likely N-dealkylation sites (N-methyl/N-ethyl adjacent to an activating group) is 1. The number of ether oxygens (including phenoxy) is 1. The van der Waals surface area contributed by atoms with Crippen molar-refractivity contribution < 1.29 is 24.2 Å². The van der Waals surface area contributed by atoms with Crippen LogP contribution in [0.2, 0.25) is 0 Å². The van der Waals surface area contributed by atoms with Crippen molar-refractivity contribution in [1.82, 2.24) is 9.80 Å². The summed E-state index contributed by atoms with van der Waals surface area (Å²) in [6.45, 7) is 4.40. The molecule has 1 heterocycles. The highest BCUT2D eigenvalue weighted by Gasteiger charge is 2.29. The van der Waals surface area contributed by atoms with Gasteiger partial charge in [0.2, 0.25) is 5.91 Å². The van der Waals surface area contributed by atoms with E-state index in [0.29, 0.717) is 24.9 Å². The Hall–Kier alpha value is -2.57. The van der Waals surface area contributed by atoms with Gasteiger partial charge in [-0.3, -0.25) is 14.4 Å². The van der Waals surface area contributed by atoms with E-state index in [1.165, 1.54) is 9.80 Å². The zero-order valence-electron chi connectivity index (χ0n) is 15.7. The molecule has 2 amide bonds. The lowest BCUT2D eigenvalue weighted by Crippen LogP contribution is -2.46. The van der Waals surface area contributed by atoms with Crippen molar-refractivity contribution in [3.63, 3.8) is 0 Å². The fourth-order valence-electron chi connectivity index (χ4n) is 3.40. The number of aliphatic carboxylic acids is 1. The molecule has 1 aliphatic rings. The summed E-state index contributed by atoms with van der Waals surface area (Å²) in [6.07, 6.45) is 1.25. The van der Waals surface area contributed by atoms with Gasteiger partial charge < -0.3 is 19.6 Å². The second kappa shape index (κ2) is 8.21. The zero-order chi connectivity index (χ0) is 19.4. The van der Waals surface area contributed by atoms with E-state index < -0.39 is 11.9 Å². The molecule has 1 aromatic carbocycles. The van der Waals surface area contributed by atoms with Gasteiger partial charge in [-0.25, -0.2) is 0 Å². The molecule has 1 atom stereocenters. The summed E-state index contributed by atoms with van der Waals surface area (Å²) in [6, 6.07) is 3.49. The van der Waals surface area contributed by atoms with Crippen LogP contribution in [0.3, 0.4) is 0 Å². The summed E-state index contributed by atoms with van der Waals surface area (Å²) < 4.78 is 5.31. The van der Waals surface area contributed by atoms with Crippen LogP contribution in [0.25, 0.3) is 0 Å². The smallest absolute Gasteiger partial charge is 0.308 e. The van der Waals surface area contributed by atoms with E-state index in [9.17, 15) is 14.4 Å². The summed E-state index contributed by atoms with van der Waals surface area (Å²) in [5.74, 6) is -1.14. The third kappa shape index (κ3) is 4.33. The lowest BCUT2D eigenvalue weighted by molar-refractivity contribution is -0.145. The van der Waals surface area contributed by atoms with Gasteiger partial charge in [0, 0.05) is 25.7 Å². The molecule has 0 aliphatic carbocycles. The molecular weight excluding hydrogens is 336 g/mol. The first kappa shape index (κ1) is 19.8. The SMILES string of the molecule is COc1c(C)cc(C(=O)N(C)CC(=O)N2CCCC(C(=O)O)C2)cc1C. The molecule has 0 spiro atoms. The molecule has 7 nitrogen and oxygen atoms in total. The van der Waals surface area contributed by atoms with Crippen molar-refractivity contribution >= 4 is 17.8 Å². The van der Waals surface area contributed by atoms with Crippen molar-refractivity contribution in [3.8, 4) is 5.75 Å². The van der Waals surface area contributed by atoms with Crippen LogP contribution in [0, 0.1) is 19.8 Å². The quantitative estimate of drug-likeness (QED) is 0.862. The number of carbonyl (C=O) groups excluding carboxylic acids is 2. The van der Waals surface area contributed by atoms with Crippen molar-refractivity contribution in [2.75, 3.05) is 33.8 Å². The Morgan fingerprint density at radius 3 is 2.42 bits per heavy atom. The fourth-order valence-corrected chi connectivity index (χ4v) is 3.40. The number of likely N-dealkylation sites (tertiary alicyclic amines) is 1. The van der Waals surface area contributed by atoms with Crippen LogP contribution in [0.1, 0.15) is 34.3 Å². The van der Waals surface area contributed by atoms with Gasteiger partial charge >= 0.3 is 5.97 Å². The van der Waals surface area contributed by atoms with E-state index in [4.69, 9.17) is 9.84 Å². The number of amides is 2. The van der Waals surface area contributed by atoms with E-state index in [2.05, 4.69) is 0 Å². The highest BCUT2D eigenvalue weighted by Crippen LogP contribution is 2.25. The number of aryl methyl sites for hydroxylation is 2. The molecule has 2 rings (SSSR count). The average Bonchev–Trinajstić information content (AvgIpc) is 2.60. The van der Waals surface area contributed by atoms with E-state index in [-0.39, 0.29) is 24.9 Å². The van der Waals surface area contributed by atoms with E-state index >= 15 is 0 Å². The van der Waals surface area contributed by atoms with Gasteiger partial charge in [-0.15, -0.1) is 0 Å². The first-order valence-corrected chi connectivity index (χ1v) is 8.65. The second-order valence-electron chi connectivity index (χ2n) is 6.82. The Labute approximate surface area is 153 Å². The molecular formula is C19H26N2O5. The van der Waals surface area contributed by atoms with E-state index in [1.807, 2.05) is 13.8 Å². The van der Waals surface area contributed by atoms with Gasteiger partial charge in [-0.1, -0.05) is 0 Å². The highest BCUT2D eigenvalue weighted by molar-refractivity contribution is 5.97. The first-order chi connectivity index (χ1) is 12.2. The molecule has 0 saturated carbocycles. The zero-order valence-corrected chi connectivity index (χ0v) is 15.7. The minimum absolute atomic E-state index is 0.0741. The van der Waals surface area contributed by atoms with Crippen LogP contribution in [0.15, 0.2) is 12.1 Å². The molecule has 0 aromatic heterocycles. The number of benzene rings is 1. The molecule has 1 aromatic rings. The Morgan fingerprint density at radius 2 is 1.88 bits per heavy atom. The second-order valence-corrected chi connectivity index (χ2v) is 6.82. The molecule has 1 saturated heterocycles. The molecule has 0 radical (unpaired) electrons. The number of carbonyl (C=O) groups is 3. The molecule has 7 heteroatoms. The summed E-state index contributed by atoms with van der Waals surface area (Å²) in [4.78, 5) is 39.2. The van der Waals surface area contributed by atoms with Crippen molar-refractivity contribution in [1.29, 1.82) is 0 Å². The Balaban J connectivity index is 2.05. The highest BCUT2D eigenvalue weighted by atomic mass is 16.5. The summed E-state index contributed by atoms with van der Waals surface area (Å²) >= 11 is 0. The van der Waals surface area contributed by atoms with Crippen molar-refractivity contribution in [2.24, 2.45) is 5.92 Å². The maximum Gasteiger partial charge on any atom is 0.308 e. The maximum atomic E-state index is 12.7. The number of carboxylic acid groups (broad SMARTS) is 1. The third-order valence-corrected chi connectivity index (χ3v) is 4.75. The lowest BCUT2D eigenvalue weighted by atomic mass is 9.98. The monoisotopic (exact) mass is 362 g/mol. The number of rotatable bonds is 5. The lowest BCUT2D eigenvalue weighted by Gasteiger charge is -2.32. The van der Waals surface area contributed by atoms with E-state index in [1.54, 1.807) is 26.3 Å². The third-order valence-electron chi connectivity index (χ3n) is 4.75. The number of carboxylic acids is 1. The van der Waals surface area contributed by atoms with Gasteiger partial charge in [-0.05, 0) is 49.9 Å². The fraction of sp³-hybridized carbons (Fsp3) is 0.526. The number of methoxy groups -OCH3 is 1. The van der Waals surface area contributed by atoms with Gasteiger partial charge in [0.25, 0.3) is 5.91 Å². The van der Waals surface area contributed by atoms with Crippen LogP contribution in [-0.2, 0) is 9.59 Å². The first-order valence-electron chi connectivity index (χ1n) is 8.65. The number of hydrogen-bond donors (Lipinski definition) is 1. The predicted molar refractivity (Wildman–Crippen MR) is 96.4 cm³/mol. The minimum Gasteiger partial charge on any atom is -0.496 e. The van der Waals surface area contributed by atoms with E-state index in [0.717, 1.165) is 16.9 Å². The van der Waals surface area contributed by atoms with Crippen LogP contribution < -0.4 is 4.74 Å². The topological polar surface area (TPSA) is 87.2 Å². The van der Waals surface area contributed by atoms with Crippen LogP contribution >= 0.6 is 0 Å². The summed E-state index contributed by atoms with van der Waals surface area (Å²) in [5.41, 5.74) is 2.21. The minimum atomic E-state index is -0.879. The number of hydrogen-bond acceptors (Lipinski definition) is 4. The maximum absolute atomic E-state index is 12.7. The van der Waals surface area contributed by atoms with Gasteiger partial charge in [0.05, 0.1) is 19.6 Å². The summed E-state index contributed by atoms with van der Waals surface area (Å²) in [7, 11) is 3.17.